The number of nitrogens with zero attached hydrogens (tertiary/aromatic N) is 2. The van der Waals surface area contributed by atoms with Crippen LogP contribution in [-0.4, -0.2) is 27.6 Å². The molecule has 122 valence electrons. The van der Waals surface area contributed by atoms with Crippen molar-refractivity contribution in [1.29, 1.82) is 0 Å². The summed E-state index contributed by atoms with van der Waals surface area (Å²) in [5.74, 6) is 1.47. The van der Waals surface area contributed by atoms with E-state index in [9.17, 15) is 4.79 Å². The second-order valence-electron chi connectivity index (χ2n) is 6.01. The summed E-state index contributed by atoms with van der Waals surface area (Å²) in [6.07, 6.45) is 5.48. The van der Waals surface area contributed by atoms with Gasteiger partial charge in [-0.15, -0.1) is 0 Å². The number of amides is 1. The van der Waals surface area contributed by atoms with Gasteiger partial charge in [0, 0.05) is 36.4 Å². The quantitative estimate of drug-likeness (QED) is 0.935. The molecule has 1 aliphatic rings. The summed E-state index contributed by atoms with van der Waals surface area (Å²) < 4.78 is 7.80. The van der Waals surface area contributed by atoms with Crippen LogP contribution in [0.3, 0.4) is 0 Å². The van der Waals surface area contributed by atoms with Crippen molar-refractivity contribution in [1.82, 2.24) is 14.9 Å². The zero-order valence-electron chi connectivity index (χ0n) is 13.3. The van der Waals surface area contributed by atoms with Crippen molar-refractivity contribution in [2.24, 2.45) is 0 Å². The average Bonchev–Trinajstić information content (AvgIpc) is 2.96. The van der Waals surface area contributed by atoms with E-state index in [-0.39, 0.29) is 18.1 Å². The number of carbonyl (C=O) groups is 1. The standard InChI is InChI=1S/C17H20ClN3O2/c1-11(2)23-15-5-3-12(18)9-14(15)17(22)20-13-4-6-16-19-7-8-21(16)10-13/h3,5,7-9,11,13H,4,6,10H2,1-2H3,(H,20,22)/t13-/m1/s1. The fraction of sp³-hybridized carbons (Fsp3) is 0.412. The molecule has 0 saturated carbocycles. The van der Waals surface area contributed by atoms with Crippen molar-refractivity contribution in [2.45, 2.75) is 45.4 Å². The Balaban J connectivity index is 1.74. The van der Waals surface area contributed by atoms with Crippen LogP contribution in [0.2, 0.25) is 5.02 Å². The highest BCUT2D eigenvalue weighted by atomic mass is 35.5. The van der Waals surface area contributed by atoms with Gasteiger partial charge in [0.1, 0.15) is 11.6 Å². The number of carbonyl (C=O) groups excluding carboxylic acids is 1. The van der Waals surface area contributed by atoms with E-state index in [0.29, 0.717) is 16.3 Å². The molecule has 0 saturated heterocycles. The Morgan fingerprint density at radius 1 is 1.48 bits per heavy atom. The SMILES string of the molecule is CC(C)Oc1ccc(Cl)cc1C(=O)N[C@@H]1CCc2nccn2C1. The molecular weight excluding hydrogens is 314 g/mol. The van der Waals surface area contributed by atoms with Crippen molar-refractivity contribution >= 4 is 17.5 Å². The Morgan fingerprint density at radius 2 is 2.30 bits per heavy atom. The number of ether oxygens (including phenoxy) is 1. The summed E-state index contributed by atoms with van der Waals surface area (Å²) in [6, 6.07) is 5.20. The molecule has 2 heterocycles. The van der Waals surface area contributed by atoms with Gasteiger partial charge in [-0.25, -0.2) is 4.98 Å². The predicted molar refractivity (Wildman–Crippen MR) is 89.0 cm³/mol. The van der Waals surface area contributed by atoms with E-state index < -0.39 is 0 Å². The molecule has 5 nitrogen and oxygen atoms in total. The molecule has 1 atom stereocenters. The molecule has 1 aliphatic heterocycles. The molecule has 3 rings (SSSR count). The maximum atomic E-state index is 12.6. The molecule has 0 radical (unpaired) electrons. The third kappa shape index (κ3) is 3.67. The first-order valence-electron chi connectivity index (χ1n) is 7.80. The van der Waals surface area contributed by atoms with Gasteiger partial charge in [-0.3, -0.25) is 4.79 Å². The largest absolute Gasteiger partial charge is 0.490 e. The second kappa shape index (κ2) is 6.62. The maximum Gasteiger partial charge on any atom is 0.255 e. The molecule has 0 spiro atoms. The Bertz CT molecular complexity index is 712. The predicted octanol–water partition coefficient (Wildman–Crippen LogP) is 3.07. The lowest BCUT2D eigenvalue weighted by molar-refractivity contribution is 0.0921. The monoisotopic (exact) mass is 333 g/mol. The third-order valence-corrected chi connectivity index (χ3v) is 4.05. The van der Waals surface area contributed by atoms with E-state index in [1.807, 2.05) is 20.0 Å². The molecular formula is C17H20ClN3O2. The summed E-state index contributed by atoms with van der Waals surface area (Å²) >= 11 is 6.04. The number of imidazole rings is 1. The highest BCUT2D eigenvalue weighted by molar-refractivity contribution is 6.31. The van der Waals surface area contributed by atoms with Crippen LogP contribution in [0.5, 0.6) is 5.75 Å². The highest BCUT2D eigenvalue weighted by Crippen LogP contribution is 2.24. The molecule has 0 bridgehead atoms. The first-order chi connectivity index (χ1) is 11.0. The number of halogens is 1. The highest BCUT2D eigenvalue weighted by Gasteiger charge is 2.22. The third-order valence-electron chi connectivity index (χ3n) is 3.82. The fourth-order valence-electron chi connectivity index (χ4n) is 2.78. The van der Waals surface area contributed by atoms with Gasteiger partial charge in [0.05, 0.1) is 11.7 Å². The van der Waals surface area contributed by atoms with Crippen LogP contribution >= 0.6 is 11.6 Å². The smallest absolute Gasteiger partial charge is 0.255 e. The summed E-state index contributed by atoms with van der Waals surface area (Å²) in [7, 11) is 0. The van der Waals surface area contributed by atoms with Gasteiger partial charge in [-0.1, -0.05) is 11.6 Å². The van der Waals surface area contributed by atoms with E-state index in [2.05, 4.69) is 14.9 Å². The van der Waals surface area contributed by atoms with E-state index in [1.54, 1.807) is 24.4 Å². The van der Waals surface area contributed by atoms with Gasteiger partial charge in [-0.2, -0.15) is 0 Å². The number of aromatic nitrogens is 2. The van der Waals surface area contributed by atoms with Gasteiger partial charge >= 0.3 is 0 Å². The van der Waals surface area contributed by atoms with E-state index >= 15 is 0 Å². The van der Waals surface area contributed by atoms with Crippen LogP contribution in [-0.2, 0) is 13.0 Å². The van der Waals surface area contributed by atoms with E-state index in [1.165, 1.54) is 0 Å². The van der Waals surface area contributed by atoms with Gasteiger partial charge < -0.3 is 14.6 Å². The zero-order valence-corrected chi connectivity index (χ0v) is 14.0. The normalized spacial score (nSPS) is 17.0. The Kier molecular flexibility index (Phi) is 4.57. The van der Waals surface area contributed by atoms with Crippen molar-refractivity contribution in [3.8, 4) is 5.75 Å². The number of hydrogen-bond acceptors (Lipinski definition) is 3. The molecule has 6 heteroatoms. The maximum absolute atomic E-state index is 12.6. The van der Waals surface area contributed by atoms with E-state index in [0.717, 1.165) is 25.2 Å². The van der Waals surface area contributed by atoms with Gasteiger partial charge in [0.15, 0.2) is 0 Å². The zero-order chi connectivity index (χ0) is 16.4. The first-order valence-corrected chi connectivity index (χ1v) is 8.18. The van der Waals surface area contributed by atoms with E-state index in [4.69, 9.17) is 16.3 Å². The number of hydrogen-bond donors (Lipinski definition) is 1. The average molecular weight is 334 g/mol. The van der Waals surface area contributed by atoms with Crippen LogP contribution in [0.25, 0.3) is 0 Å². The molecule has 1 amide bonds. The second-order valence-corrected chi connectivity index (χ2v) is 6.45. The lowest BCUT2D eigenvalue weighted by atomic mass is 10.1. The Hall–Kier alpha value is -2.01. The lowest BCUT2D eigenvalue weighted by Crippen LogP contribution is -2.41. The van der Waals surface area contributed by atoms with Gasteiger partial charge in [0.2, 0.25) is 0 Å². The summed E-state index contributed by atoms with van der Waals surface area (Å²) in [6.45, 7) is 4.60. The molecule has 1 N–H and O–H groups in total. The molecule has 0 unspecified atom stereocenters. The number of benzene rings is 1. The van der Waals surface area contributed by atoms with Gasteiger partial charge in [0.25, 0.3) is 5.91 Å². The van der Waals surface area contributed by atoms with Crippen LogP contribution in [0.15, 0.2) is 30.6 Å². The van der Waals surface area contributed by atoms with Gasteiger partial charge in [-0.05, 0) is 38.5 Å². The Morgan fingerprint density at radius 3 is 3.09 bits per heavy atom. The number of aryl methyl sites for hydroxylation is 1. The van der Waals surface area contributed by atoms with Crippen molar-refractivity contribution in [2.75, 3.05) is 0 Å². The Labute approximate surface area is 140 Å². The molecule has 23 heavy (non-hydrogen) atoms. The minimum absolute atomic E-state index is 0.00841. The summed E-state index contributed by atoms with van der Waals surface area (Å²) in [5.41, 5.74) is 0.475. The topological polar surface area (TPSA) is 56.1 Å². The molecule has 1 aromatic carbocycles. The fourth-order valence-corrected chi connectivity index (χ4v) is 2.96. The van der Waals surface area contributed by atoms with Crippen molar-refractivity contribution < 1.29 is 9.53 Å². The van der Waals surface area contributed by atoms with Crippen LogP contribution < -0.4 is 10.1 Å². The van der Waals surface area contributed by atoms with Crippen LogP contribution in [0, 0.1) is 0 Å². The van der Waals surface area contributed by atoms with Crippen molar-refractivity contribution in [3.05, 3.63) is 47.0 Å². The minimum Gasteiger partial charge on any atom is -0.490 e. The number of rotatable bonds is 4. The van der Waals surface area contributed by atoms with Crippen molar-refractivity contribution in [3.63, 3.8) is 0 Å². The summed E-state index contributed by atoms with van der Waals surface area (Å²) in [4.78, 5) is 16.9. The van der Waals surface area contributed by atoms with Crippen LogP contribution in [0.4, 0.5) is 0 Å². The lowest BCUT2D eigenvalue weighted by Gasteiger charge is -2.25. The molecule has 0 aliphatic carbocycles. The summed E-state index contributed by atoms with van der Waals surface area (Å²) in [5, 5.41) is 3.60. The number of fused-ring (bicyclic) bond motifs is 1. The number of nitrogens with one attached hydrogen (secondary N) is 1. The molecule has 2 aromatic rings. The van der Waals surface area contributed by atoms with Crippen LogP contribution in [0.1, 0.15) is 36.5 Å². The molecule has 1 aromatic heterocycles. The molecule has 0 fully saturated rings. The minimum atomic E-state index is -0.156. The first kappa shape index (κ1) is 15.9.